The summed E-state index contributed by atoms with van der Waals surface area (Å²) in [6.07, 6.45) is 0. The summed E-state index contributed by atoms with van der Waals surface area (Å²) in [5.41, 5.74) is 2.89. The molecule has 6 nitrogen and oxygen atoms in total. The quantitative estimate of drug-likeness (QED) is 0.579. The molecule has 0 aliphatic heterocycles. The molecule has 0 unspecified atom stereocenters. The molecule has 0 bridgehead atoms. The highest BCUT2D eigenvalue weighted by Gasteiger charge is 2.17. The van der Waals surface area contributed by atoms with Gasteiger partial charge in [0.05, 0.1) is 4.92 Å². The van der Waals surface area contributed by atoms with E-state index in [1.54, 1.807) is 13.0 Å². The molecule has 0 radical (unpaired) electrons. The van der Waals surface area contributed by atoms with Gasteiger partial charge in [0, 0.05) is 30.3 Å². The van der Waals surface area contributed by atoms with Gasteiger partial charge in [0.2, 0.25) is 0 Å². The second-order valence-corrected chi connectivity index (χ2v) is 6.17. The van der Waals surface area contributed by atoms with Gasteiger partial charge in [0.15, 0.2) is 0 Å². The Kier molecular flexibility index (Phi) is 6.86. The second kappa shape index (κ2) is 9.10. The van der Waals surface area contributed by atoms with E-state index in [-0.39, 0.29) is 11.6 Å². The van der Waals surface area contributed by atoms with E-state index in [2.05, 4.69) is 36.2 Å². The van der Waals surface area contributed by atoms with Gasteiger partial charge in [-0.25, -0.2) is 0 Å². The van der Waals surface area contributed by atoms with Crippen LogP contribution in [0.2, 0.25) is 0 Å². The fourth-order valence-corrected chi connectivity index (χ4v) is 2.81. The Labute approximate surface area is 154 Å². The molecule has 2 aromatic rings. The Morgan fingerprint density at radius 3 is 2.27 bits per heavy atom. The number of hydrogen-bond acceptors (Lipinski definition) is 4. The highest BCUT2D eigenvalue weighted by atomic mass is 16.6. The first-order valence-electron chi connectivity index (χ1n) is 8.78. The Morgan fingerprint density at radius 2 is 1.69 bits per heavy atom. The van der Waals surface area contributed by atoms with Gasteiger partial charge in [-0.1, -0.05) is 44.2 Å². The van der Waals surface area contributed by atoms with Crippen molar-refractivity contribution in [2.24, 2.45) is 0 Å². The SMILES string of the molecule is CCN(CC)Cc1ccc(CNC(=O)c2cccc([N+](=O)[O-])c2C)cc1. The molecule has 0 atom stereocenters. The van der Waals surface area contributed by atoms with Crippen LogP contribution in [0.15, 0.2) is 42.5 Å². The van der Waals surface area contributed by atoms with Crippen molar-refractivity contribution in [1.29, 1.82) is 0 Å². The molecular weight excluding hydrogens is 330 g/mol. The third kappa shape index (κ3) is 4.89. The normalized spacial score (nSPS) is 10.8. The summed E-state index contributed by atoms with van der Waals surface area (Å²) in [6, 6.07) is 12.7. The van der Waals surface area contributed by atoms with Gasteiger partial charge in [-0.2, -0.15) is 0 Å². The number of amides is 1. The summed E-state index contributed by atoms with van der Waals surface area (Å²) in [4.78, 5) is 25.2. The molecule has 0 fully saturated rings. The zero-order chi connectivity index (χ0) is 19.1. The van der Waals surface area contributed by atoms with Crippen molar-refractivity contribution in [2.45, 2.75) is 33.9 Å². The highest BCUT2D eigenvalue weighted by Crippen LogP contribution is 2.21. The molecule has 0 heterocycles. The Hall–Kier alpha value is -2.73. The van der Waals surface area contributed by atoms with Crippen molar-refractivity contribution < 1.29 is 9.72 Å². The number of nitrogens with zero attached hydrogens (tertiary/aromatic N) is 2. The molecule has 6 heteroatoms. The minimum atomic E-state index is -0.471. The molecule has 0 aliphatic carbocycles. The van der Waals surface area contributed by atoms with Gasteiger partial charge < -0.3 is 5.32 Å². The van der Waals surface area contributed by atoms with E-state index >= 15 is 0 Å². The van der Waals surface area contributed by atoms with E-state index in [0.717, 1.165) is 25.2 Å². The number of benzene rings is 2. The molecule has 0 aromatic heterocycles. The predicted octanol–water partition coefficient (Wildman–Crippen LogP) is 3.68. The molecule has 1 N–H and O–H groups in total. The molecular formula is C20H25N3O3. The van der Waals surface area contributed by atoms with E-state index in [4.69, 9.17) is 0 Å². The van der Waals surface area contributed by atoms with E-state index in [1.807, 2.05) is 12.1 Å². The summed E-state index contributed by atoms with van der Waals surface area (Å²) in [7, 11) is 0. The largest absolute Gasteiger partial charge is 0.348 e. The van der Waals surface area contributed by atoms with E-state index < -0.39 is 4.92 Å². The molecule has 138 valence electrons. The number of carbonyl (C=O) groups excluding carboxylic acids is 1. The van der Waals surface area contributed by atoms with Crippen LogP contribution in [0.1, 0.15) is 40.9 Å². The number of nitrogens with one attached hydrogen (secondary N) is 1. The summed E-state index contributed by atoms with van der Waals surface area (Å²) in [5.74, 6) is -0.307. The molecule has 2 rings (SSSR count). The van der Waals surface area contributed by atoms with Crippen LogP contribution in [-0.2, 0) is 13.1 Å². The lowest BCUT2D eigenvalue weighted by molar-refractivity contribution is -0.385. The summed E-state index contributed by atoms with van der Waals surface area (Å²) >= 11 is 0. The maximum Gasteiger partial charge on any atom is 0.273 e. The molecule has 0 saturated heterocycles. The lowest BCUT2D eigenvalue weighted by atomic mass is 10.1. The lowest BCUT2D eigenvalue weighted by Crippen LogP contribution is -2.24. The summed E-state index contributed by atoms with van der Waals surface area (Å²) < 4.78 is 0. The first-order valence-corrected chi connectivity index (χ1v) is 8.78. The van der Waals surface area contributed by atoms with Crippen molar-refractivity contribution in [3.8, 4) is 0 Å². The van der Waals surface area contributed by atoms with E-state index in [9.17, 15) is 14.9 Å². The van der Waals surface area contributed by atoms with E-state index in [1.165, 1.54) is 17.7 Å². The average molecular weight is 355 g/mol. The van der Waals surface area contributed by atoms with Gasteiger partial charge in [-0.05, 0) is 37.2 Å². The van der Waals surface area contributed by atoms with Crippen LogP contribution in [0.25, 0.3) is 0 Å². The lowest BCUT2D eigenvalue weighted by Gasteiger charge is -2.18. The van der Waals surface area contributed by atoms with Crippen molar-refractivity contribution in [3.63, 3.8) is 0 Å². The zero-order valence-electron chi connectivity index (χ0n) is 15.5. The standard InChI is InChI=1S/C20H25N3O3/c1-4-22(5-2)14-17-11-9-16(10-12-17)13-21-20(24)18-7-6-8-19(15(18)3)23(25)26/h6-12H,4-5,13-14H2,1-3H3,(H,21,24). The number of nitro groups is 1. The minimum Gasteiger partial charge on any atom is -0.348 e. The smallest absolute Gasteiger partial charge is 0.273 e. The van der Waals surface area contributed by atoms with Crippen LogP contribution in [0.4, 0.5) is 5.69 Å². The fraction of sp³-hybridized carbons (Fsp3) is 0.350. The Balaban J connectivity index is 2.00. The average Bonchev–Trinajstić information content (AvgIpc) is 2.65. The monoisotopic (exact) mass is 355 g/mol. The fourth-order valence-electron chi connectivity index (χ4n) is 2.81. The van der Waals surface area contributed by atoms with Crippen molar-refractivity contribution >= 4 is 11.6 Å². The van der Waals surface area contributed by atoms with Crippen LogP contribution < -0.4 is 5.32 Å². The van der Waals surface area contributed by atoms with Gasteiger partial charge in [0.25, 0.3) is 11.6 Å². The Bertz CT molecular complexity index is 768. The number of rotatable bonds is 8. The van der Waals surface area contributed by atoms with Gasteiger partial charge in [-0.15, -0.1) is 0 Å². The topological polar surface area (TPSA) is 75.5 Å². The maximum atomic E-state index is 12.4. The molecule has 0 saturated carbocycles. The van der Waals surface area contributed by atoms with Crippen LogP contribution in [0.5, 0.6) is 0 Å². The zero-order valence-corrected chi connectivity index (χ0v) is 15.5. The van der Waals surface area contributed by atoms with E-state index in [0.29, 0.717) is 17.7 Å². The number of nitro benzene ring substituents is 1. The first-order chi connectivity index (χ1) is 12.5. The second-order valence-electron chi connectivity index (χ2n) is 6.17. The van der Waals surface area contributed by atoms with Gasteiger partial charge in [-0.3, -0.25) is 19.8 Å². The van der Waals surface area contributed by atoms with Gasteiger partial charge >= 0.3 is 0 Å². The van der Waals surface area contributed by atoms with Gasteiger partial charge in [0.1, 0.15) is 0 Å². The predicted molar refractivity (Wildman–Crippen MR) is 102 cm³/mol. The Morgan fingerprint density at radius 1 is 1.08 bits per heavy atom. The molecule has 2 aromatic carbocycles. The summed E-state index contributed by atoms with van der Waals surface area (Å²) in [5, 5.41) is 13.8. The van der Waals surface area contributed by atoms with Crippen LogP contribution >= 0.6 is 0 Å². The molecule has 1 amide bonds. The first kappa shape index (κ1) is 19.6. The third-order valence-electron chi connectivity index (χ3n) is 4.52. The highest BCUT2D eigenvalue weighted by molar-refractivity contribution is 5.96. The number of carbonyl (C=O) groups is 1. The summed E-state index contributed by atoms with van der Waals surface area (Å²) in [6.45, 7) is 9.19. The molecule has 26 heavy (non-hydrogen) atoms. The number of hydrogen-bond donors (Lipinski definition) is 1. The van der Waals surface area contributed by atoms with Crippen molar-refractivity contribution in [3.05, 3.63) is 74.8 Å². The maximum absolute atomic E-state index is 12.4. The minimum absolute atomic E-state index is 0.0431. The van der Waals surface area contributed by atoms with Crippen LogP contribution in [-0.4, -0.2) is 28.8 Å². The van der Waals surface area contributed by atoms with Crippen LogP contribution in [0.3, 0.4) is 0 Å². The molecule has 0 spiro atoms. The van der Waals surface area contributed by atoms with Crippen LogP contribution in [0, 0.1) is 17.0 Å². The third-order valence-corrected chi connectivity index (χ3v) is 4.52. The van der Waals surface area contributed by atoms with Crippen molar-refractivity contribution in [1.82, 2.24) is 10.2 Å². The molecule has 0 aliphatic rings. The van der Waals surface area contributed by atoms with Crippen molar-refractivity contribution in [2.75, 3.05) is 13.1 Å².